The highest BCUT2D eigenvalue weighted by atomic mass is 15.2. The quantitative estimate of drug-likeness (QED) is 0.226. The summed E-state index contributed by atoms with van der Waals surface area (Å²) in [7, 11) is 0. The van der Waals surface area contributed by atoms with E-state index in [0.717, 1.165) is 39.4 Å². The van der Waals surface area contributed by atoms with Gasteiger partial charge in [-0.05, 0) is 89.2 Å². The molecule has 8 rings (SSSR count). The van der Waals surface area contributed by atoms with E-state index in [4.69, 9.17) is 4.11 Å². The molecule has 2 aliphatic heterocycles. The number of rotatable bonds is 3. The summed E-state index contributed by atoms with van der Waals surface area (Å²) in [5.41, 5.74) is 11.4. The van der Waals surface area contributed by atoms with Crippen molar-refractivity contribution in [2.45, 2.75) is 38.0 Å². The van der Waals surface area contributed by atoms with Gasteiger partial charge in [0.2, 0.25) is 0 Å². The molecule has 5 aromatic carbocycles. The molecule has 0 spiro atoms. The van der Waals surface area contributed by atoms with Crippen molar-refractivity contribution in [1.82, 2.24) is 0 Å². The van der Waals surface area contributed by atoms with Gasteiger partial charge in [-0.1, -0.05) is 92.0 Å². The summed E-state index contributed by atoms with van der Waals surface area (Å²) in [6, 6.07) is 36.7. The van der Waals surface area contributed by atoms with Crippen LogP contribution in [0.15, 0.2) is 121 Å². The van der Waals surface area contributed by atoms with Crippen LogP contribution in [0.3, 0.4) is 0 Å². The van der Waals surface area contributed by atoms with Crippen LogP contribution in [0.1, 0.15) is 47.7 Å². The Morgan fingerprint density at radius 2 is 1.10 bits per heavy atom. The first-order valence-corrected chi connectivity index (χ1v) is 14.2. The lowest BCUT2D eigenvalue weighted by molar-refractivity contribution is 0.444. The van der Waals surface area contributed by atoms with Crippen molar-refractivity contribution < 1.29 is 4.11 Å². The van der Waals surface area contributed by atoms with Crippen LogP contribution in [-0.2, 0) is 0 Å². The van der Waals surface area contributed by atoms with Gasteiger partial charge < -0.3 is 9.80 Å². The molecule has 1 fully saturated rings. The van der Waals surface area contributed by atoms with E-state index in [2.05, 4.69) is 64.4 Å². The Bertz CT molecular complexity index is 1820. The molecule has 0 N–H and O–H groups in total. The zero-order valence-electron chi connectivity index (χ0n) is 24.9. The molecule has 1 saturated carbocycles. The third-order valence-corrected chi connectivity index (χ3v) is 8.83. The van der Waals surface area contributed by atoms with Gasteiger partial charge in [-0.15, -0.1) is 0 Å². The third-order valence-electron chi connectivity index (χ3n) is 8.83. The average Bonchev–Trinajstić information content (AvgIpc) is 3.02. The fourth-order valence-corrected chi connectivity index (χ4v) is 7.12. The predicted octanol–water partition coefficient (Wildman–Crippen LogP) is 7.82. The molecule has 3 heteroatoms. The van der Waals surface area contributed by atoms with Crippen molar-refractivity contribution in [3.05, 3.63) is 127 Å². The maximum absolute atomic E-state index is 8.63. The third kappa shape index (κ3) is 3.56. The molecule has 3 aliphatic rings. The summed E-state index contributed by atoms with van der Waals surface area (Å²) in [5.74, 6) is 0.517. The number of fused-ring (bicyclic) bond motifs is 4. The Morgan fingerprint density at radius 3 is 1.69 bits per heavy atom. The Hall–Kier alpha value is -4.24. The topological polar surface area (TPSA) is 6.48 Å². The molecule has 2 nitrogen and oxygen atoms in total. The zero-order valence-corrected chi connectivity index (χ0v) is 21.9. The highest BCUT2D eigenvalue weighted by Crippen LogP contribution is 2.46. The number of nitrogens with zero attached hydrogens (tertiary/aromatic N) is 2. The van der Waals surface area contributed by atoms with Gasteiger partial charge >= 0.3 is 0 Å². The first-order valence-electron chi connectivity index (χ1n) is 15.7. The van der Waals surface area contributed by atoms with E-state index >= 15 is 0 Å². The van der Waals surface area contributed by atoms with Crippen LogP contribution >= 0.6 is 0 Å². The molecule has 2 heterocycles. The first kappa shape index (κ1) is 19.8. The molecule has 0 atom stereocenters. The number of hydrogen-bond donors (Lipinski definition) is 0. The monoisotopic (exact) mass is 505 g/mol. The van der Waals surface area contributed by atoms with Crippen LogP contribution in [0.2, 0.25) is 0 Å². The predicted molar refractivity (Wildman–Crippen MR) is 166 cm³/mol. The first-order chi connectivity index (χ1) is 20.6. The SMILES string of the molecule is [2H]c1ccc(N2c3ccc([2H])cc3B3c4cc([2H])ccc4N(c4ccccc4)c4cc(C5CCCCC5)cc2c43)cc1. The van der Waals surface area contributed by atoms with Crippen molar-refractivity contribution in [3.8, 4) is 0 Å². The number of hydrogen-bond acceptors (Lipinski definition) is 2. The second kappa shape index (κ2) is 9.20. The van der Waals surface area contributed by atoms with Gasteiger partial charge in [0.05, 0.1) is 4.11 Å². The van der Waals surface area contributed by atoms with Crippen molar-refractivity contribution in [1.29, 1.82) is 0 Å². The Kier molecular flexibility index (Phi) is 4.67. The van der Waals surface area contributed by atoms with E-state index in [-0.39, 0.29) is 6.71 Å². The molecule has 0 bridgehead atoms. The highest BCUT2D eigenvalue weighted by molar-refractivity contribution is 7.00. The Labute approximate surface area is 235 Å². The van der Waals surface area contributed by atoms with Crippen molar-refractivity contribution in [2.75, 3.05) is 9.80 Å². The molecular formula is C36H31BN2. The zero-order chi connectivity index (χ0) is 28.4. The Balaban J connectivity index is 1.48. The largest absolute Gasteiger partial charge is 0.311 e. The summed E-state index contributed by atoms with van der Waals surface area (Å²) in [6.45, 7) is -0.0948. The molecule has 0 unspecified atom stereocenters. The number of anilines is 6. The van der Waals surface area contributed by atoms with Crippen molar-refractivity contribution in [2.24, 2.45) is 0 Å². The van der Waals surface area contributed by atoms with Crippen LogP contribution < -0.4 is 26.2 Å². The maximum atomic E-state index is 8.63. The summed E-state index contributed by atoms with van der Waals surface area (Å²) in [4.78, 5) is 4.73. The summed E-state index contributed by atoms with van der Waals surface area (Å²) in [6.07, 6.45) is 6.25. The van der Waals surface area contributed by atoms with Gasteiger partial charge in [0, 0.05) is 34.1 Å². The minimum Gasteiger partial charge on any atom is -0.311 e. The molecule has 0 saturated heterocycles. The van der Waals surface area contributed by atoms with Crippen molar-refractivity contribution >= 4 is 57.2 Å². The second-order valence-corrected chi connectivity index (χ2v) is 11.0. The highest BCUT2D eigenvalue weighted by Gasteiger charge is 2.43. The summed E-state index contributed by atoms with van der Waals surface area (Å²) >= 11 is 0. The molecular weight excluding hydrogens is 471 g/mol. The van der Waals surface area contributed by atoms with E-state index < -0.39 is 0 Å². The fraction of sp³-hybridized carbons (Fsp3) is 0.167. The van der Waals surface area contributed by atoms with Gasteiger partial charge in [-0.2, -0.15) is 0 Å². The minimum atomic E-state index is -0.0948. The van der Waals surface area contributed by atoms with E-state index in [9.17, 15) is 0 Å². The lowest BCUT2D eigenvalue weighted by Crippen LogP contribution is -2.61. The van der Waals surface area contributed by atoms with Crippen LogP contribution in [0.25, 0.3) is 0 Å². The molecule has 188 valence electrons. The van der Waals surface area contributed by atoms with E-state index in [1.165, 1.54) is 48.8 Å². The van der Waals surface area contributed by atoms with Gasteiger partial charge in [-0.25, -0.2) is 0 Å². The standard InChI is InChI=1S/C36H31BN2/c1-4-14-26(15-5-1)27-24-34-36-35(25-27)39(29-18-8-3-9-19-29)33-23-13-11-21-31(33)37(36)30-20-10-12-22-32(30)38(34)28-16-6-2-7-17-28/h2-3,6-13,16-26H,1,4-5,14-15H2/i2D,10D,11D. The smallest absolute Gasteiger partial charge is 0.252 e. The van der Waals surface area contributed by atoms with E-state index in [1.807, 2.05) is 48.5 Å². The number of benzene rings is 5. The molecule has 5 aromatic rings. The Morgan fingerprint density at radius 1 is 0.564 bits per heavy atom. The van der Waals surface area contributed by atoms with Crippen LogP contribution in [-0.4, -0.2) is 6.71 Å². The summed E-state index contributed by atoms with van der Waals surface area (Å²) < 4.78 is 25.4. The fourth-order valence-electron chi connectivity index (χ4n) is 7.12. The van der Waals surface area contributed by atoms with Gasteiger partial charge in [0.1, 0.15) is 0 Å². The van der Waals surface area contributed by atoms with Gasteiger partial charge in [0.25, 0.3) is 6.71 Å². The summed E-state index contributed by atoms with van der Waals surface area (Å²) in [5, 5.41) is 0. The van der Waals surface area contributed by atoms with Crippen molar-refractivity contribution in [3.63, 3.8) is 0 Å². The van der Waals surface area contributed by atoms with E-state index in [0.29, 0.717) is 24.0 Å². The lowest BCUT2D eigenvalue weighted by Gasteiger charge is -2.44. The normalized spacial score (nSPS) is 17.0. The van der Waals surface area contributed by atoms with Gasteiger partial charge in [-0.3, -0.25) is 0 Å². The van der Waals surface area contributed by atoms with Crippen LogP contribution in [0, 0.1) is 0 Å². The van der Waals surface area contributed by atoms with E-state index in [1.54, 1.807) is 0 Å². The molecule has 39 heavy (non-hydrogen) atoms. The number of para-hydroxylation sites is 4. The molecule has 0 aromatic heterocycles. The lowest BCUT2D eigenvalue weighted by atomic mass is 9.33. The molecule has 1 aliphatic carbocycles. The van der Waals surface area contributed by atoms with Crippen LogP contribution in [0.4, 0.5) is 34.1 Å². The maximum Gasteiger partial charge on any atom is 0.252 e. The second-order valence-electron chi connectivity index (χ2n) is 11.0. The van der Waals surface area contributed by atoms with Gasteiger partial charge in [0.15, 0.2) is 0 Å². The average molecular weight is 505 g/mol. The molecule has 0 radical (unpaired) electrons. The molecule has 0 amide bonds. The minimum absolute atomic E-state index is 0.0948. The van der Waals surface area contributed by atoms with Crippen LogP contribution in [0.5, 0.6) is 0 Å².